The van der Waals surface area contributed by atoms with Crippen molar-refractivity contribution >= 4 is 11.6 Å². The summed E-state index contributed by atoms with van der Waals surface area (Å²) in [5, 5.41) is 0.696. The molecule has 0 aliphatic heterocycles. The lowest BCUT2D eigenvalue weighted by atomic mass is 10.00. The van der Waals surface area contributed by atoms with Crippen molar-refractivity contribution in [1.82, 2.24) is 0 Å². The highest BCUT2D eigenvalue weighted by atomic mass is 35.5. The molecular formula is C26H17ClO2. The Hall–Kier alpha value is -3.49. The highest BCUT2D eigenvalue weighted by Crippen LogP contribution is 2.43. The van der Waals surface area contributed by atoms with Crippen molar-refractivity contribution < 1.29 is 8.83 Å². The van der Waals surface area contributed by atoms with Crippen LogP contribution in [0.4, 0.5) is 0 Å². The van der Waals surface area contributed by atoms with Crippen molar-refractivity contribution in [2.75, 3.05) is 0 Å². The second-order valence-corrected chi connectivity index (χ2v) is 7.19. The van der Waals surface area contributed by atoms with E-state index in [0.717, 1.165) is 45.1 Å². The van der Waals surface area contributed by atoms with Crippen molar-refractivity contribution in [1.29, 1.82) is 0 Å². The Kier molecular flexibility index (Phi) is 4.55. The summed E-state index contributed by atoms with van der Waals surface area (Å²) >= 11 is 6.06. The van der Waals surface area contributed by atoms with Crippen molar-refractivity contribution in [3.8, 4) is 45.1 Å². The van der Waals surface area contributed by atoms with Crippen molar-refractivity contribution in [3.05, 3.63) is 108 Å². The number of hydrogen-bond donors (Lipinski definition) is 0. The highest BCUT2D eigenvalue weighted by Gasteiger charge is 2.21. The van der Waals surface area contributed by atoms with Crippen molar-refractivity contribution in [2.45, 2.75) is 0 Å². The summed E-state index contributed by atoms with van der Waals surface area (Å²) in [7, 11) is 0. The van der Waals surface area contributed by atoms with Crippen LogP contribution in [0.5, 0.6) is 0 Å². The SMILES string of the molecule is Clc1ccc(-c2cc(-c3occc3-c3ccccc3)c(-c3ccccc3)o2)cc1. The number of benzene rings is 3. The minimum atomic E-state index is 0.696. The van der Waals surface area contributed by atoms with Gasteiger partial charge in [-0.1, -0.05) is 72.3 Å². The third-order valence-electron chi connectivity index (χ3n) is 4.89. The first-order valence-electron chi connectivity index (χ1n) is 9.38. The quantitative estimate of drug-likeness (QED) is 0.306. The van der Waals surface area contributed by atoms with Gasteiger partial charge in [0.15, 0.2) is 0 Å². The molecule has 5 aromatic rings. The summed E-state index contributed by atoms with van der Waals surface area (Å²) in [4.78, 5) is 0. The van der Waals surface area contributed by atoms with Crippen molar-refractivity contribution in [2.24, 2.45) is 0 Å². The fraction of sp³-hybridized carbons (Fsp3) is 0. The van der Waals surface area contributed by atoms with Gasteiger partial charge < -0.3 is 8.83 Å². The number of halogens is 1. The van der Waals surface area contributed by atoms with Gasteiger partial charge in [-0.3, -0.25) is 0 Å². The van der Waals surface area contributed by atoms with Gasteiger partial charge in [-0.05, 0) is 42.0 Å². The lowest BCUT2D eigenvalue weighted by Crippen LogP contribution is -1.81. The summed E-state index contributed by atoms with van der Waals surface area (Å²) in [5.41, 5.74) is 5.02. The Morgan fingerprint density at radius 2 is 1.21 bits per heavy atom. The Morgan fingerprint density at radius 1 is 0.552 bits per heavy atom. The molecule has 0 aliphatic carbocycles. The summed E-state index contributed by atoms with van der Waals surface area (Å²) in [6, 6.07) is 32.0. The molecule has 0 atom stereocenters. The Balaban J connectivity index is 1.71. The van der Waals surface area contributed by atoms with Gasteiger partial charge in [0, 0.05) is 21.7 Å². The molecule has 0 saturated carbocycles. The Bertz CT molecular complexity index is 1230. The van der Waals surface area contributed by atoms with Crippen LogP contribution in [0.1, 0.15) is 0 Å². The molecule has 2 aromatic heterocycles. The van der Waals surface area contributed by atoms with E-state index in [4.69, 9.17) is 20.4 Å². The molecule has 0 fully saturated rings. The van der Waals surface area contributed by atoms with E-state index in [1.807, 2.05) is 84.9 Å². The van der Waals surface area contributed by atoms with E-state index < -0.39 is 0 Å². The standard InChI is InChI=1S/C26H17ClO2/c27-21-13-11-19(12-14-21)24-17-23(25(29-24)20-9-5-2-6-10-20)26-22(15-16-28-26)18-7-3-1-4-8-18/h1-17H. The fourth-order valence-electron chi connectivity index (χ4n) is 3.48. The van der Waals surface area contributed by atoms with Gasteiger partial charge in [0.25, 0.3) is 0 Å². The van der Waals surface area contributed by atoms with Crippen LogP contribution in [-0.2, 0) is 0 Å². The number of rotatable bonds is 4. The van der Waals surface area contributed by atoms with Gasteiger partial charge >= 0.3 is 0 Å². The first-order valence-corrected chi connectivity index (χ1v) is 9.76. The van der Waals surface area contributed by atoms with Crippen LogP contribution < -0.4 is 0 Å². The molecule has 0 spiro atoms. The van der Waals surface area contributed by atoms with E-state index in [1.54, 1.807) is 6.26 Å². The lowest BCUT2D eigenvalue weighted by Gasteiger charge is -2.04. The van der Waals surface area contributed by atoms with Gasteiger partial charge in [0.05, 0.1) is 11.8 Å². The van der Waals surface area contributed by atoms with Gasteiger partial charge in [-0.15, -0.1) is 0 Å². The lowest BCUT2D eigenvalue weighted by molar-refractivity contribution is 0.576. The molecule has 0 aliphatic rings. The molecule has 0 N–H and O–H groups in total. The zero-order chi connectivity index (χ0) is 19.6. The van der Waals surface area contributed by atoms with Crippen LogP contribution in [0.3, 0.4) is 0 Å². The van der Waals surface area contributed by atoms with Crippen LogP contribution in [0.15, 0.2) is 112 Å². The largest absolute Gasteiger partial charge is 0.464 e. The number of hydrogen-bond acceptors (Lipinski definition) is 2. The molecule has 140 valence electrons. The predicted octanol–water partition coefficient (Wildman–Crippen LogP) is 8.19. The predicted molar refractivity (Wildman–Crippen MR) is 118 cm³/mol. The molecule has 5 rings (SSSR count). The first-order chi connectivity index (χ1) is 14.3. The average molecular weight is 397 g/mol. The molecular weight excluding hydrogens is 380 g/mol. The van der Waals surface area contributed by atoms with Gasteiger partial charge in [-0.25, -0.2) is 0 Å². The fourth-order valence-corrected chi connectivity index (χ4v) is 3.61. The minimum absolute atomic E-state index is 0.696. The molecule has 0 saturated heterocycles. The van der Waals surface area contributed by atoms with E-state index in [-0.39, 0.29) is 0 Å². The molecule has 0 amide bonds. The maximum atomic E-state index is 6.34. The Labute approximate surface area is 174 Å². The van der Waals surface area contributed by atoms with E-state index in [0.29, 0.717) is 5.02 Å². The minimum Gasteiger partial charge on any atom is -0.464 e. The van der Waals surface area contributed by atoms with Gasteiger partial charge in [0.2, 0.25) is 0 Å². The van der Waals surface area contributed by atoms with Crippen LogP contribution >= 0.6 is 11.6 Å². The molecule has 3 aromatic carbocycles. The smallest absolute Gasteiger partial charge is 0.145 e. The summed E-state index contributed by atoms with van der Waals surface area (Å²) in [5.74, 6) is 2.34. The Morgan fingerprint density at radius 3 is 1.90 bits per heavy atom. The van der Waals surface area contributed by atoms with E-state index in [2.05, 4.69) is 12.1 Å². The monoisotopic (exact) mass is 396 g/mol. The first kappa shape index (κ1) is 17.6. The van der Waals surface area contributed by atoms with Crippen LogP contribution in [0.25, 0.3) is 45.1 Å². The van der Waals surface area contributed by atoms with Crippen LogP contribution in [-0.4, -0.2) is 0 Å². The second-order valence-electron chi connectivity index (χ2n) is 6.76. The summed E-state index contributed by atoms with van der Waals surface area (Å²) < 4.78 is 12.3. The maximum Gasteiger partial charge on any atom is 0.145 e. The molecule has 3 heteroatoms. The van der Waals surface area contributed by atoms with Gasteiger partial charge in [-0.2, -0.15) is 0 Å². The zero-order valence-electron chi connectivity index (χ0n) is 15.5. The summed E-state index contributed by atoms with van der Waals surface area (Å²) in [6.07, 6.45) is 1.72. The molecule has 29 heavy (non-hydrogen) atoms. The van der Waals surface area contributed by atoms with E-state index >= 15 is 0 Å². The average Bonchev–Trinajstić information content (AvgIpc) is 3.43. The molecule has 0 unspecified atom stereocenters. The van der Waals surface area contributed by atoms with E-state index in [1.165, 1.54) is 0 Å². The third kappa shape index (κ3) is 3.39. The topological polar surface area (TPSA) is 26.3 Å². The second kappa shape index (κ2) is 7.50. The molecule has 0 bridgehead atoms. The zero-order valence-corrected chi connectivity index (χ0v) is 16.3. The molecule has 2 heterocycles. The third-order valence-corrected chi connectivity index (χ3v) is 5.14. The summed E-state index contributed by atoms with van der Waals surface area (Å²) in [6.45, 7) is 0. The van der Waals surface area contributed by atoms with Crippen LogP contribution in [0.2, 0.25) is 5.02 Å². The van der Waals surface area contributed by atoms with Crippen molar-refractivity contribution in [3.63, 3.8) is 0 Å². The van der Waals surface area contributed by atoms with Gasteiger partial charge in [0.1, 0.15) is 17.3 Å². The van der Waals surface area contributed by atoms with Crippen LogP contribution in [0, 0.1) is 0 Å². The normalized spacial score (nSPS) is 10.9. The van der Waals surface area contributed by atoms with E-state index in [9.17, 15) is 0 Å². The molecule has 0 radical (unpaired) electrons. The molecule has 2 nitrogen and oxygen atoms in total. The number of furan rings is 2. The highest BCUT2D eigenvalue weighted by molar-refractivity contribution is 6.30. The maximum absolute atomic E-state index is 6.34.